The van der Waals surface area contributed by atoms with E-state index in [0.717, 1.165) is 11.3 Å². The number of hydrogen-bond acceptors (Lipinski definition) is 5. The normalized spacial score (nSPS) is 17.9. The van der Waals surface area contributed by atoms with Crippen LogP contribution in [0.5, 0.6) is 0 Å². The zero-order chi connectivity index (χ0) is 18.3. The van der Waals surface area contributed by atoms with E-state index in [0.29, 0.717) is 21.4 Å². The average Bonchev–Trinajstić information content (AvgIpc) is 3.12. The Hall–Kier alpha value is -2.75. The summed E-state index contributed by atoms with van der Waals surface area (Å²) < 4.78 is 1.53. The van der Waals surface area contributed by atoms with Crippen LogP contribution in [0.4, 0.5) is 0 Å². The fraction of sp³-hybridized carbons (Fsp3) is 0.167. The number of aromatic nitrogens is 4. The van der Waals surface area contributed by atoms with Crippen LogP contribution < -0.4 is 0 Å². The number of Topliss-reactive ketones (excluding diaryl/α,β-unsaturated/α-hetero) is 1. The molecular weight excluding hydrogens is 373 g/mol. The molecule has 8 heteroatoms. The monoisotopic (exact) mass is 383 g/mol. The van der Waals surface area contributed by atoms with Gasteiger partial charge in [-0.1, -0.05) is 23.2 Å². The predicted molar refractivity (Wildman–Crippen MR) is 95.7 cm³/mol. The minimum absolute atomic E-state index is 0.0845. The summed E-state index contributed by atoms with van der Waals surface area (Å²) in [5.74, 6) is -0.697. The molecule has 0 amide bonds. The van der Waals surface area contributed by atoms with Crippen molar-refractivity contribution < 1.29 is 4.79 Å². The van der Waals surface area contributed by atoms with Gasteiger partial charge in [0.25, 0.3) is 0 Å². The fourth-order valence-electron chi connectivity index (χ4n) is 3.26. The number of carbonyl (C=O) groups is 1. The molecule has 0 N–H and O–H groups in total. The van der Waals surface area contributed by atoms with Crippen molar-refractivity contribution in [1.82, 2.24) is 20.2 Å². The first-order valence-electron chi connectivity index (χ1n) is 7.85. The topological polar surface area (TPSA) is 84.5 Å². The lowest BCUT2D eigenvalue weighted by Gasteiger charge is -2.28. The minimum Gasteiger partial charge on any atom is -0.294 e. The van der Waals surface area contributed by atoms with Crippen LogP contribution in [-0.4, -0.2) is 26.0 Å². The van der Waals surface area contributed by atoms with E-state index in [-0.39, 0.29) is 12.2 Å². The van der Waals surface area contributed by atoms with Gasteiger partial charge in [-0.25, -0.2) is 0 Å². The highest BCUT2D eigenvalue weighted by molar-refractivity contribution is 6.31. The zero-order valence-electron chi connectivity index (χ0n) is 13.3. The summed E-state index contributed by atoms with van der Waals surface area (Å²) in [4.78, 5) is 12.8. The Labute approximate surface area is 159 Å². The maximum atomic E-state index is 12.8. The van der Waals surface area contributed by atoms with Gasteiger partial charge in [0.1, 0.15) is 5.92 Å². The third kappa shape index (κ3) is 2.75. The van der Waals surface area contributed by atoms with Gasteiger partial charge in [-0.3, -0.25) is 4.79 Å². The number of nitriles is 1. The van der Waals surface area contributed by atoms with Crippen LogP contribution in [0, 0.1) is 11.3 Å². The highest BCUT2D eigenvalue weighted by Gasteiger charge is 2.38. The van der Waals surface area contributed by atoms with Gasteiger partial charge in [0.15, 0.2) is 11.6 Å². The van der Waals surface area contributed by atoms with Crippen LogP contribution in [0.15, 0.2) is 42.5 Å². The molecule has 6 nitrogen and oxygen atoms in total. The molecule has 1 aliphatic heterocycles. The van der Waals surface area contributed by atoms with Gasteiger partial charge in [0, 0.05) is 27.9 Å². The summed E-state index contributed by atoms with van der Waals surface area (Å²) in [7, 11) is 0. The molecule has 2 heterocycles. The summed E-state index contributed by atoms with van der Waals surface area (Å²) in [5.41, 5.74) is 2.06. The van der Waals surface area contributed by atoms with Crippen LogP contribution in [0.3, 0.4) is 0 Å². The zero-order valence-corrected chi connectivity index (χ0v) is 14.8. The molecule has 1 aromatic heterocycles. The summed E-state index contributed by atoms with van der Waals surface area (Å²) in [6, 6.07) is 14.2. The summed E-state index contributed by atoms with van der Waals surface area (Å²) in [6.45, 7) is 0. The first-order chi connectivity index (χ1) is 12.6. The summed E-state index contributed by atoms with van der Waals surface area (Å²) in [6.07, 6.45) is 0.139. The lowest BCUT2D eigenvalue weighted by Crippen LogP contribution is -2.25. The second-order valence-electron chi connectivity index (χ2n) is 6.00. The molecule has 26 heavy (non-hydrogen) atoms. The maximum Gasteiger partial charge on any atom is 0.174 e. The van der Waals surface area contributed by atoms with E-state index >= 15 is 0 Å². The van der Waals surface area contributed by atoms with E-state index in [1.165, 1.54) is 4.68 Å². The number of hydrogen-bond donors (Lipinski definition) is 0. The van der Waals surface area contributed by atoms with E-state index in [2.05, 4.69) is 21.6 Å². The van der Waals surface area contributed by atoms with E-state index in [1.54, 1.807) is 42.5 Å². The van der Waals surface area contributed by atoms with Crippen LogP contribution in [-0.2, 0) is 0 Å². The number of tetrazole rings is 1. The van der Waals surface area contributed by atoms with E-state index in [1.807, 2.05) is 0 Å². The summed E-state index contributed by atoms with van der Waals surface area (Å²) in [5, 5.41) is 22.5. The quantitative estimate of drug-likeness (QED) is 0.639. The van der Waals surface area contributed by atoms with Crippen LogP contribution in [0.2, 0.25) is 10.0 Å². The number of fused-ring (bicyclic) bond motifs is 3. The molecule has 0 unspecified atom stereocenters. The first-order valence-corrected chi connectivity index (χ1v) is 8.60. The Morgan fingerprint density at radius 1 is 1.15 bits per heavy atom. The van der Waals surface area contributed by atoms with E-state index < -0.39 is 11.8 Å². The van der Waals surface area contributed by atoms with Crippen molar-refractivity contribution in [2.75, 3.05) is 0 Å². The molecule has 128 valence electrons. The van der Waals surface area contributed by atoms with Crippen molar-refractivity contribution in [3.05, 3.63) is 69.5 Å². The first kappa shape index (κ1) is 16.7. The lowest BCUT2D eigenvalue weighted by atomic mass is 9.79. The highest BCUT2D eigenvalue weighted by atomic mass is 35.5. The summed E-state index contributed by atoms with van der Waals surface area (Å²) >= 11 is 12.0. The van der Waals surface area contributed by atoms with Crippen LogP contribution >= 0.6 is 23.2 Å². The van der Waals surface area contributed by atoms with Gasteiger partial charge in [-0.2, -0.15) is 9.94 Å². The molecule has 3 aromatic rings. The van der Waals surface area contributed by atoms with Gasteiger partial charge >= 0.3 is 0 Å². The molecule has 0 spiro atoms. The number of ketones is 1. The third-order valence-electron chi connectivity index (χ3n) is 4.50. The number of halogens is 2. The second-order valence-corrected chi connectivity index (χ2v) is 6.87. The smallest absolute Gasteiger partial charge is 0.174 e. The van der Waals surface area contributed by atoms with Crippen molar-refractivity contribution in [2.24, 2.45) is 0 Å². The van der Waals surface area contributed by atoms with Crippen LogP contribution in [0.1, 0.15) is 40.0 Å². The van der Waals surface area contributed by atoms with Crippen molar-refractivity contribution in [3.8, 4) is 11.8 Å². The Bertz CT molecular complexity index is 1040. The molecule has 4 rings (SSSR count). The standard InChI is InChI=1S/C18H11Cl2N5O/c19-11-3-1-10(2-4-11)17(26)8-13-14-7-12(20)5-6-16(14)25-18(15(13)9-21)22-23-24-25/h1-7,13,15H,8H2/t13-,15+/m1/s1. The molecule has 0 saturated heterocycles. The molecule has 0 radical (unpaired) electrons. The Morgan fingerprint density at radius 3 is 2.62 bits per heavy atom. The average molecular weight is 384 g/mol. The third-order valence-corrected chi connectivity index (χ3v) is 4.99. The molecule has 2 atom stereocenters. The number of benzene rings is 2. The molecule has 0 fully saturated rings. The Balaban J connectivity index is 1.77. The van der Waals surface area contributed by atoms with Gasteiger partial charge in [0.05, 0.1) is 11.8 Å². The number of rotatable bonds is 3. The Morgan fingerprint density at radius 2 is 1.88 bits per heavy atom. The number of nitrogens with zero attached hydrogens (tertiary/aromatic N) is 5. The van der Waals surface area contributed by atoms with Crippen molar-refractivity contribution >= 4 is 29.0 Å². The van der Waals surface area contributed by atoms with Gasteiger partial charge < -0.3 is 0 Å². The lowest BCUT2D eigenvalue weighted by molar-refractivity contribution is 0.0970. The van der Waals surface area contributed by atoms with Crippen molar-refractivity contribution in [2.45, 2.75) is 18.3 Å². The van der Waals surface area contributed by atoms with Gasteiger partial charge in [-0.15, -0.1) is 5.10 Å². The molecule has 0 aliphatic carbocycles. The van der Waals surface area contributed by atoms with Gasteiger partial charge in [0.2, 0.25) is 0 Å². The van der Waals surface area contributed by atoms with Crippen LogP contribution in [0.25, 0.3) is 5.69 Å². The molecule has 1 aliphatic rings. The predicted octanol–water partition coefficient (Wildman–Crippen LogP) is 3.95. The molecule has 0 bridgehead atoms. The minimum atomic E-state index is -0.646. The molecule has 2 aromatic carbocycles. The maximum absolute atomic E-state index is 12.8. The van der Waals surface area contributed by atoms with Crippen molar-refractivity contribution in [1.29, 1.82) is 5.26 Å². The van der Waals surface area contributed by atoms with E-state index in [9.17, 15) is 10.1 Å². The molecule has 0 saturated carbocycles. The van der Waals surface area contributed by atoms with Crippen molar-refractivity contribution in [3.63, 3.8) is 0 Å². The fourth-order valence-corrected chi connectivity index (χ4v) is 3.57. The number of carbonyl (C=O) groups excluding carboxylic acids is 1. The molecular formula is C18H11Cl2N5O. The second kappa shape index (κ2) is 6.52. The highest BCUT2D eigenvalue weighted by Crippen LogP contribution is 2.43. The largest absolute Gasteiger partial charge is 0.294 e. The SMILES string of the molecule is N#C[C@@H]1c2nnnn2-c2ccc(Cl)cc2[C@H]1CC(=O)c1ccc(Cl)cc1. The Kier molecular flexibility index (Phi) is 4.19. The van der Waals surface area contributed by atoms with Gasteiger partial charge in [-0.05, 0) is 58.5 Å². The van der Waals surface area contributed by atoms with E-state index in [4.69, 9.17) is 23.2 Å².